The average molecular weight is 351 g/mol. The second-order valence-corrected chi connectivity index (χ2v) is 6.75. The fraction of sp³-hybridized carbons (Fsp3) is 0.118. The Morgan fingerprint density at radius 3 is 2.72 bits per heavy atom. The van der Waals surface area contributed by atoms with E-state index in [4.69, 9.17) is 5.73 Å². The lowest BCUT2D eigenvalue weighted by molar-refractivity contribution is 0.886. The molecule has 2 aromatic carbocycles. The van der Waals surface area contributed by atoms with Crippen LogP contribution in [0.4, 0.5) is 23.3 Å². The summed E-state index contributed by atoms with van der Waals surface area (Å²) in [6.45, 7) is 0. The van der Waals surface area contributed by atoms with Gasteiger partial charge in [0, 0.05) is 25.5 Å². The fourth-order valence-corrected chi connectivity index (χ4v) is 3.39. The summed E-state index contributed by atoms with van der Waals surface area (Å²) in [6, 6.07) is 15.9. The zero-order chi connectivity index (χ0) is 17.4. The predicted molar refractivity (Wildman–Crippen MR) is 103 cm³/mol. The van der Waals surface area contributed by atoms with Crippen molar-refractivity contribution in [3.8, 4) is 5.13 Å². The van der Waals surface area contributed by atoms with Crippen LogP contribution in [0.3, 0.4) is 0 Å². The first kappa shape index (κ1) is 15.4. The van der Waals surface area contributed by atoms with Gasteiger partial charge in [0.2, 0.25) is 17.0 Å². The predicted octanol–water partition coefficient (Wildman–Crippen LogP) is 3.27. The Labute approximate surface area is 148 Å². The van der Waals surface area contributed by atoms with Crippen LogP contribution in [-0.4, -0.2) is 33.8 Å². The topological polar surface area (TPSA) is 84.9 Å². The van der Waals surface area contributed by atoms with E-state index < -0.39 is 0 Å². The molecule has 0 radical (unpaired) electrons. The van der Waals surface area contributed by atoms with Gasteiger partial charge in [-0.25, -0.2) is 4.98 Å². The largest absolute Gasteiger partial charge is 0.378 e. The van der Waals surface area contributed by atoms with Crippen molar-refractivity contribution in [2.45, 2.75) is 0 Å². The van der Waals surface area contributed by atoms with Gasteiger partial charge in [0.1, 0.15) is 0 Å². The van der Waals surface area contributed by atoms with E-state index in [1.807, 2.05) is 67.5 Å². The number of anilines is 4. The Morgan fingerprint density at radius 2 is 1.92 bits per heavy atom. The first-order chi connectivity index (χ1) is 12.1. The summed E-state index contributed by atoms with van der Waals surface area (Å²) in [5.41, 5.74) is 8.94. The second kappa shape index (κ2) is 6.06. The SMILES string of the molecule is CN(C)c1cccc(Nc2nc(N)n(-c3nc4ccccc4s3)n2)c1. The van der Waals surface area contributed by atoms with Crippen molar-refractivity contribution >= 4 is 44.8 Å². The van der Waals surface area contributed by atoms with Gasteiger partial charge < -0.3 is 16.0 Å². The Morgan fingerprint density at radius 1 is 1.08 bits per heavy atom. The molecule has 0 aliphatic rings. The Bertz CT molecular complexity index is 1000. The lowest BCUT2D eigenvalue weighted by Crippen LogP contribution is -2.08. The summed E-state index contributed by atoms with van der Waals surface area (Å²) in [7, 11) is 3.99. The van der Waals surface area contributed by atoms with Crippen LogP contribution in [0.5, 0.6) is 0 Å². The maximum absolute atomic E-state index is 6.03. The molecule has 3 N–H and O–H groups in total. The summed E-state index contributed by atoms with van der Waals surface area (Å²) < 4.78 is 2.64. The van der Waals surface area contributed by atoms with Crippen molar-refractivity contribution in [1.82, 2.24) is 19.7 Å². The number of nitrogens with two attached hydrogens (primary N) is 1. The first-order valence-corrected chi connectivity index (χ1v) is 8.55. The molecule has 0 amide bonds. The molecule has 0 bridgehead atoms. The average Bonchev–Trinajstić information content (AvgIpc) is 3.18. The molecule has 4 rings (SSSR count). The van der Waals surface area contributed by atoms with Crippen LogP contribution < -0.4 is 16.0 Å². The van der Waals surface area contributed by atoms with Crippen molar-refractivity contribution < 1.29 is 0 Å². The summed E-state index contributed by atoms with van der Waals surface area (Å²) in [6.07, 6.45) is 0. The highest BCUT2D eigenvalue weighted by Gasteiger charge is 2.13. The number of aromatic nitrogens is 4. The van der Waals surface area contributed by atoms with Crippen molar-refractivity contribution in [1.29, 1.82) is 0 Å². The van der Waals surface area contributed by atoms with Crippen LogP contribution in [0.2, 0.25) is 0 Å². The number of nitrogens with zero attached hydrogens (tertiary/aromatic N) is 5. The Hall–Kier alpha value is -3.13. The van der Waals surface area contributed by atoms with Gasteiger partial charge in [-0.3, -0.25) is 0 Å². The zero-order valence-electron chi connectivity index (χ0n) is 13.8. The number of hydrogen-bond donors (Lipinski definition) is 2. The maximum atomic E-state index is 6.03. The zero-order valence-corrected chi connectivity index (χ0v) is 14.7. The van der Waals surface area contributed by atoms with Crippen LogP contribution in [0.1, 0.15) is 0 Å². The van der Waals surface area contributed by atoms with Gasteiger partial charge in [0.15, 0.2) is 0 Å². The second-order valence-electron chi connectivity index (χ2n) is 5.74. The van der Waals surface area contributed by atoms with Gasteiger partial charge in [-0.15, -0.1) is 5.10 Å². The van der Waals surface area contributed by atoms with E-state index in [1.165, 1.54) is 11.3 Å². The summed E-state index contributed by atoms with van der Waals surface area (Å²) in [5, 5.41) is 8.34. The molecule has 4 aromatic rings. The molecule has 126 valence electrons. The van der Waals surface area contributed by atoms with E-state index in [-0.39, 0.29) is 0 Å². The molecule has 25 heavy (non-hydrogen) atoms. The van der Waals surface area contributed by atoms with Crippen LogP contribution >= 0.6 is 11.3 Å². The number of nitrogens with one attached hydrogen (secondary N) is 1. The van der Waals surface area contributed by atoms with Gasteiger partial charge in [0.05, 0.1) is 10.2 Å². The van der Waals surface area contributed by atoms with Gasteiger partial charge in [0.25, 0.3) is 0 Å². The molecule has 0 aliphatic carbocycles. The quantitative estimate of drug-likeness (QED) is 0.587. The lowest BCUT2D eigenvalue weighted by atomic mass is 10.2. The van der Waals surface area contributed by atoms with Crippen LogP contribution in [-0.2, 0) is 0 Å². The summed E-state index contributed by atoms with van der Waals surface area (Å²) in [5.74, 6) is 0.734. The maximum Gasteiger partial charge on any atom is 0.248 e. The molecule has 7 nitrogen and oxygen atoms in total. The fourth-order valence-electron chi connectivity index (χ4n) is 2.46. The minimum atomic E-state index is 0.297. The van der Waals surface area contributed by atoms with E-state index in [1.54, 1.807) is 4.68 Å². The lowest BCUT2D eigenvalue weighted by Gasteiger charge is -2.13. The Balaban J connectivity index is 1.65. The number of nitrogen functional groups attached to an aromatic ring is 1. The molecule has 8 heteroatoms. The monoisotopic (exact) mass is 351 g/mol. The number of hydrogen-bond acceptors (Lipinski definition) is 7. The highest BCUT2D eigenvalue weighted by molar-refractivity contribution is 7.20. The van der Waals surface area contributed by atoms with E-state index in [2.05, 4.69) is 20.4 Å². The highest BCUT2D eigenvalue weighted by Crippen LogP contribution is 2.26. The third kappa shape index (κ3) is 2.99. The normalized spacial score (nSPS) is 11.0. The van der Waals surface area contributed by atoms with Crippen molar-refractivity contribution in [2.24, 2.45) is 0 Å². The molecule has 0 saturated carbocycles. The number of fused-ring (bicyclic) bond motifs is 1. The van der Waals surface area contributed by atoms with Crippen molar-refractivity contribution in [2.75, 3.05) is 30.0 Å². The summed E-state index contributed by atoms with van der Waals surface area (Å²) in [4.78, 5) is 10.9. The molecule has 2 aromatic heterocycles. The smallest absolute Gasteiger partial charge is 0.248 e. The number of para-hydroxylation sites is 1. The molecular formula is C17H17N7S. The first-order valence-electron chi connectivity index (χ1n) is 7.73. The van der Waals surface area contributed by atoms with E-state index in [0.717, 1.165) is 21.6 Å². The number of rotatable bonds is 4. The summed E-state index contributed by atoms with van der Waals surface area (Å²) >= 11 is 1.53. The number of benzene rings is 2. The number of thiazole rings is 1. The van der Waals surface area contributed by atoms with Crippen LogP contribution in [0, 0.1) is 0 Å². The van der Waals surface area contributed by atoms with Crippen molar-refractivity contribution in [3.63, 3.8) is 0 Å². The molecular weight excluding hydrogens is 334 g/mol. The molecule has 0 atom stereocenters. The van der Waals surface area contributed by atoms with Gasteiger partial charge >= 0.3 is 0 Å². The third-order valence-corrected chi connectivity index (χ3v) is 4.73. The van der Waals surface area contributed by atoms with E-state index in [0.29, 0.717) is 17.0 Å². The third-order valence-electron chi connectivity index (χ3n) is 3.71. The molecule has 0 unspecified atom stereocenters. The van der Waals surface area contributed by atoms with E-state index >= 15 is 0 Å². The minimum Gasteiger partial charge on any atom is -0.378 e. The molecule has 0 spiro atoms. The van der Waals surface area contributed by atoms with Crippen LogP contribution in [0.15, 0.2) is 48.5 Å². The molecule has 2 heterocycles. The minimum absolute atomic E-state index is 0.297. The molecule has 0 saturated heterocycles. The van der Waals surface area contributed by atoms with E-state index in [9.17, 15) is 0 Å². The molecule has 0 fully saturated rings. The standard InChI is InChI=1S/C17H17N7S/c1-23(2)12-7-5-6-11(10-12)19-16-21-15(18)24(22-16)17-20-13-8-3-4-9-14(13)25-17/h3-10H,1-2H3,(H3,18,19,21,22). The highest BCUT2D eigenvalue weighted by atomic mass is 32.1. The van der Waals surface area contributed by atoms with Gasteiger partial charge in [-0.1, -0.05) is 29.5 Å². The van der Waals surface area contributed by atoms with Gasteiger partial charge in [-0.2, -0.15) is 9.67 Å². The van der Waals surface area contributed by atoms with Crippen molar-refractivity contribution in [3.05, 3.63) is 48.5 Å². The van der Waals surface area contributed by atoms with Crippen LogP contribution in [0.25, 0.3) is 15.3 Å². The molecule has 0 aliphatic heterocycles. The Kier molecular flexibility index (Phi) is 3.73. The van der Waals surface area contributed by atoms with Gasteiger partial charge in [-0.05, 0) is 30.3 Å².